The van der Waals surface area contributed by atoms with Crippen molar-refractivity contribution in [3.05, 3.63) is 47.7 Å². The molecule has 8 heteroatoms. The predicted molar refractivity (Wildman–Crippen MR) is 99.8 cm³/mol. The van der Waals surface area contributed by atoms with E-state index in [1.54, 1.807) is 25.5 Å². The van der Waals surface area contributed by atoms with E-state index in [1.165, 1.54) is 0 Å². The van der Waals surface area contributed by atoms with E-state index in [2.05, 4.69) is 20.6 Å². The number of hydrogen-bond donors (Lipinski definition) is 2. The van der Waals surface area contributed by atoms with E-state index in [0.717, 1.165) is 28.1 Å². The van der Waals surface area contributed by atoms with Crippen LogP contribution in [0.5, 0.6) is 11.5 Å². The maximum atomic E-state index is 5.68. The van der Waals surface area contributed by atoms with E-state index in [0.29, 0.717) is 19.7 Å². The van der Waals surface area contributed by atoms with Crippen molar-refractivity contribution >= 4 is 22.3 Å². The van der Waals surface area contributed by atoms with Gasteiger partial charge in [0.05, 0.1) is 25.9 Å². The molecule has 3 rings (SSSR count). The Morgan fingerprint density at radius 1 is 1.24 bits per heavy atom. The van der Waals surface area contributed by atoms with Crippen molar-refractivity contribution in [2.45, 2.75) is 6.54 Å². The van der Waals surface area contributed by atoms with Gasteiger partial charge >= 0.3 is 0 Å². The molecule has 0 amide bonds. The number of ether oxygens (including phenoxy) is 2. The molecule has 0 radical (unpaired) electrons. The molecule has 2 N–H and O–H groups in total. The molecular weight excluding hydrogens is 338 g/mol. The number of hydrogen-bond acceptors (Lipinski definition) is 5. The minimum atomic E-state index is 0.535. The molecule has 0 fully saturated rings. The quantitative estimate of drug-likeness (QED) is 0.384. The Balaban J connectivity index is 1.39. The molecule has 25 heavy (non-hydrogen) atoms. The predicted octanol–water partition coefficient (Wildman–Crippen LogP) is 2.15. The summed E-state index contributed by atoms with van der Waals surface area (Å²) in [5.41, 5.74) is 0.976. The van der Waals surface area contributed by atoms with E-state index >= 15 is 0 Å². The second kappa shape index (κ2) is 8.39. The number of nitrogens with zero attached hydrogens (tertiary/aromatic N) is 3. The number of methoxy groups -OCH3 is 1. The second-order valence-corrected chi connectivity index (χ2v) is 6.07. The van der Waals surface area contributed by atoms with Gasteiger partial charge in [0.2, 0.25) is 0 Å². The highest BCUT2D eigenvalue weighted by Crippen LogP contribution is 2.16. The van der Waals surface area contributed by atoms with Crippen LogP contribution in [0.2, 0.25) is 0 Å². The van der Waals surface area contributed by atoms with E-state index in [1.807, 2.05) is 46.4 Å². The molecule has 0 aliphatic heterocycles. The Morgan fingerprint density at radius 2 is 2.04 bits per heavy atom. The largest absolute Gasteiger partial charge is 0.497 e. The topological polar surface area (TPSA) is 72.2 Å². The lowest BCUT2D eigenvalue weighted by atomic mass is 10.3. The zero-order chi connectivity index (χ0) is 17.5. The molecular formula is C17H21N5O2S. The standard InChI is InChI=1S/C17H21N5O2S/c1-18-16(20-11-13-12-22-8-10-25-17(22)21-13)19-7-9-24-15-5-3-14(23-2)4-6-15/h3-6,8,10,12H,7,9,11H2,1-2H3,(H2,18,19,20). The molecule has 0 spiro atoms. The molecule has 0 unspecified atom stereocenters. The van der Waals surface area contributed by atoms with Crippen molar-refractivity contribution < 1.29 is 9.47 Å². The van der Waals surface area contributed by atoms with Crippen molar-refractivity contribution in [3.8, 4) is 11.5 Å². The summed E-state index contributed by atoms with van der Waals surface area (Å²) < 4.78 is 12.8. The fraction of sp³-hybridized carbons (Fsp3) is 0.294. The molecule has 0 saturated carbocycles. The molecule has 3 aromatic rings. The van der Waals surface area contributed by atoms with Crippen LogP contribution in [0.25, 0.3) is 4.96 Å². The van der Waals surface area contributed by atoms with Gasteiger partial charge in [0, 0.05) is 24.8 Å². The minimum Gasteiger partial charge on any atom is -0.497 e. The monoisotopic (exact) mass is 359 g/mol. The third-order valence-corrected chi connectivity index (χ3v) is 4.30. The van der Waals surface area contributed by atoms with Crippen LogP contribution in [-0.4, -0.2) is 42.7 Å². The summed E-state index contributed by atoms with van der Waals surface area (Å²) in [6.45, 7) is 1.80. The van der Waals surface area contributed by atoms with Gasteiger partial charge in [0.1, 0.15) is 18.1 Å². The summed E-state index contributed by atoms with van der Waals surface area (Å²) in [7, 11) is 3.39. The number of guanidine groups is 1. The summed E-state index contributed by atoms with van der Waals surface area (Å²) in [4.78, 5) is 9.73. The number of thiazole rings is 1. The molecule has 0 bridgehead atoms. The van der Waals surface area contributed by atoms with Crippen LogP contribution < -0.4 is 20.1 Å². The van der Waals surface area contributed by atoms with Crippen LogP contribution in [0.4, 0.5) is 0 Å². The van der Waals surface area contributed by atoms with Gasteiger partial charge in [0.25, 0.3) is 0 Å². The highest BCUT2D eigenvalue weighted by atomic mass is 32.1. The first-order valence-corrected chi connectivity index (χ1v) is 8.79. The molecule has 132 valence electrons. The number of aliphatic imine (C=N–C) groups is 1. The zero-order valence-electron chi connectivity index (χ0n) is 14.2. The van der Waals surface area contributed by atoms with Gasteiger partial charge in [-0.15, -0.1) is 11.3 Å². The average Bonchev–Trinajstić information content (AvgIpc) is 3.23. The minimum absolute atomic E-state index is 0.535. The van der Waals surface area contributed by atoms with Gasteiger partial charge in [-0.25, -0.2) is 4.98 Å². The van der Waals surface area contributed by atoms with Crippen LogP contribution in [-0.2, 0) is 6.54 Å². The Kier molecular flexibility index (Phi) is 5.73. The number of rotatable bonds is 7. The number of imidazole rings is 1. The van der Waals surface area contributed by atoms with Gasteiger partial charge in [-0.05, 0) is 24.3 Å². The van der Waals surface area contributed by atoms with Gasteiger partial charge in [-0.2, -0.15) is 0 Å². The van der Waals surface area contributed by atoms with E-state index < -0.39 is 0 Å². The van der Waals surface area contributed by atoms with Crippen molar-refractivity contribution in [2.24, 2.45) is 4.99 Å². The Labute approximate surface area is 150 Å². The molecule has 1 aromatic carbocycles. The Hall–Kier alpha value is -2.74. The Morgan fingerprint density at radius 3 is 2.76 bits per heavy atom. The lowest BCUT2D eigenvalue weighted by Gasteiger charge is -2.12. The molecule has 2 aromatic heterocycles. The fourth-order valence-electron chi connectivity index (χ4n) is 2.27. The van der Waals surface area contributed by atoms with Crippen molar-refractivity contribution in [3.63, 3.8) is 0 Å². The maximum absolute atomic E-state index is 5.68. The molecule has 0 atom stereocenters. The highest BCUT2D eigenvalue weighted by Gasteiger charge is 2.04. The third kappa shape index (κ3) is 4.63. The second-order valence-electron chi connectivity index (χ2n) is 5.20. The van der Waals surface area contributed by atoms with Crippen LogP contribution in [0.1, 0.15) is 5.69 Å². The smallest absolute Gasteiger partial charge is 0.193 e. The summed E-state index contributed by atoms with van der Waals surface area (Å²) in [5, 5.41) is 8.48. The highest BCUT2D eigenvalue weighted by molar-refractivity contribution is 7.15. The summed E-state index contributed by atoms with van der Waals surface area (Å²) in [6, 6.07) is 7.52. The number of aromatic nitrogens is 2. The van der Waals surface area contributed by atoms with Gasteiger partial charge in [-0.1, -0.05) is 0 Å². The maximum Gasteiger partial charge on any atom is 0.193 e. The Bertz CT molecular complexity index is 797. The normalized spacial score (nSPS) is 11.5. The van der Waals surface area contributed by atoms with E-state index in [-0.39, 0.29) is 0 Å². The van der Waals surface area contributed by atoms with Crippen LogP contribution >= 0.6 is 11.3 Å². The van der Waals surface area contributed by atoms with Crippen molar-refractivity contribution in [1.82, 2.24) is 20.0 Å². The zero-order valence-corrected chi connectivity index (χ0v) is 15.0. The number of benzene rings is 1. The summed E-state index contributed by atoms with van der Waals surface area (Å²) in [5.74, 6) is 2.34. The summed E-state index contributed by atoms with van der Waals surface area (Å²) >= 11 is 1.62. The summed E-state index contributed by atoms with van der Waals surface area (Å²) in [6.07, 6.45) is 4.01. The van der Waals surface area contributed by atoms with Crippen LogP contribution in [0.3, 0.4) is 0 Å². The van der Waals surface area contributed by atoms with Gasteiger partial charge in [0.15, 0.2) is 10.9 Å². The lowest BCUT2D eigenvalue weighted by Crippen LogP contribution is -2.38. The molecule has 0 aliphatic rings. The lowest BCUT2D eigenvalue weighted by molar-refractivity contribution is 0.321. The van der Waals surface area contributed by atoms with Crippen LogP contribution in [0.15, 0.2) is 47.0 Å². The van der Waals surface area contributed by atoms with Crippen molar-refractivity contribution in [2.75, 3.05) is 27.3 Å². The first-order valence-electron chi connectivity index (χ1n) is 7.91. The first-order chi connectivity index (χ1) is 12.3. The van der Waals surface area contributed by atoms with Gasteiger partial charge < -0.3 is 20.1 Å². The number of fused-ring (bicyclic) bond motifs is 1. The molecule has 2 heterocycles. The average molecular weight is 359 g/mol. The SMILES string of the molecule is CN=C(NCCOc1ccc(OC)cc1)NCc1cn2ccsc2n1. The van der Waals surface area contributed by atoms with Crippen LogP contribution in [0, 0.1) is 0 Å². The first kappa shape index (κ1) is 17.1. The van der Waals surface area contributed by atoms with E-state index in [9.17, 15) is 0 Å². The third-order valence-electron chi connectivity index (χ3n) is 3.53. The molecule has 7 nitrogen and oxygen atoms in total. The molecule has 0 saturated heterocycles. The fourth-order valence-corrected chi connectivity index (χ4v) is 2.99. The van der Waals surface area contributed by atoms with Gasteiger partial charge in [-0.3, -0.25) is 9.39 Å². The molecule has 0 aliphatic carbocycles. The van der Waals surface area contributed by atoms with E-state index in [4.69, 9.17) is 9.47 Å². The number of nitrogens with one attached hydrogen (secondary N) is 2. The van der Waals surface area contributed by atoms with Crippen molar-refractivity contribution in [1.29, 1.82) is 0 Å².